The molecule has 1 atom stereocenters. The lowest BCUT2D eigenvalue weighted by molar-refractivity contribution is 0.581. The van der Waals surface area contributed by atoms with Crippen LogP contribution in [0.2, 0.25) is 0 Å². The van der Waals surface area contributed by atoms with Gasteiger partial charge in [0.05, 0.1) is 17.7 Å². The van der Waals surface area contributed by atoms with Crippen molar-refractivity contribution in [2.45, 2.75) is 39.3 Å². The maximum absolute atomic E-state index is 11.5. The van der Waals surface area contributed by atoms with Crippen LogP contribution in [0.25, 0.3) is 0 Å². The second-order valence-corrected chi connectivity index (χ2v) is 7.87. The van der Waals surface area contributed by atoms with E-state index in [1.54, 1.807) is 0 Å². The summed E-state index contributed by atoms with van der Waals surface area (Å²) in [5.74, 6) is 1.16. The SMILES string of the molecule is CCNC(=NCCCn1cc(C)cn1)NC1CCS(=O)(=O)C1. The van der Waals surface area contributed by atoms with Crippen molar-refractivity contribution in [2.24, 2.45) is 4.99 Å². The molecule has 1 saturated heterocycles. The minimum absolute atomic E-state index is 0.0310. The molecule has 1 aliphatic heterocycles. The summed E-state index contributed by atoms with van der Waals surface area (Å²) in [6.07, 6.45) is 5.39. The van der Waals surface area contributed by atoms with Gasteiger partial charge in [-0.3, -0.25) is 9.67 Å². The lowest BCUT2D eigenvalue weighted by Crippen LogP contribution is -2.44. The second-order valence-electron chi connectivity index (χ2n) is 5.64. The summed E-state index contributed by atoms with van der Waals surface area (Å²) in [4.78, 5) is 4.51. The summed E-state index contributed by atoms with van der Waals surface area (Å²) in [6.45, 7) is 6.27. The monoisotopic (exact) mass is 327 g/mol. The first-order valence-corrected chi connectivity index (χ1v) is 9.55. The molecule has 2 rings (SSSR count). The summed E-state index contributed by atoms with van der Waals surface area (Å²) in [6, 6.07) is -0.0310. The Morgan fingerprint density at radius 3 is 2.95 bits per heavy atom. The quantitative estimate of drug-likeness (QED) is 0.446. The minimum Gasteiger partial charge on any atom is -0.357 e. The van der Waals surface area contributed by atoms with E-state index in [4.69, 9.17) is 0 Å². The fourth-order valence-corrected chi connectivity index (χ4v) is 4.11. The largest absolute Gasteiger partial charge is 0.357 e. The predicted molar refractivity (Wildman–Crippen MR) is 87.8 cm³/mol. The highest BCUT2D eigenvalue weighted by Crippen LogP contribution is 2.10. The zero-order valence-electron chi connectivity index (χ0n) is 13.2. The van der Waals surface area contributed by atoms with Crippen molar-refractivity contribution >= 4 is 15.8 Å². The van der Waals surface area contributed by atoms with E-state index in [1.165, 1.54) is 0 Å². The lowest BCUT2D eigenvalue weighted by atomic mass is 10.3. The number of rotatable bonds is 6. The Morgan fingerprint density at radius 1 is 1.55 bits per heavy atom. The first kappa shape index (κ1) is 16.8. The van der Waals surface area contributed by atoms with Gasteiger partial charge in [-0.15, -0.1) is 0 Å². The van der Waals surface area contributed by atoms with E-state index in [0.29, 0.717) is 18.9 Å². The van der Waals surface area contributed by atoms with Gasteiger partial charge in [0.1, 0.15) is 0 Å². The minimum atomic E-state index is -2.87. The number of nitrogens with one attached hydrogen (secondary N) is 2. The highest BCUT2D eigenvalue weighted by Gasteiger charge is 2.28. The molecule has 1 fully saturated rings. The summed E-state index contributed by atoms with van der Waals surface area (Å²) in [7, 11) is -2.87. The van der Waals surface area contributed by atoms with Crippen LogP contribution in [0.4, 0.5) is 0 Å². The van der Waals surface area contributed by atoms with Crippen molar-refractivity contribution < 1.29 is 8.42 Å². The first-order valence-electron chi connectivity index (χ1n) is 7.73. The van der Waals surface area contributed by atoms with Crippen molar-refractivity contribution in [3.63, 3.8) is 0 Å². The zero-order valence-corrected chi connectivity index (χ0v) is 14.1. The highest BCUT2D eigenvalue weighted by molar-refractivity contribution is 7.91. The van der Waals surface area contributed by atoms with Crippen molar-refractivity contribution in [2.75, 3.05) is 24.6 Å². The zero-order chi connectivity index (χ0) is 16.0. The van der Waals surface area contributed by atoms with Crippen LogP contribution in [0.3, 0.4) is 0 Å². The van der Waals surface area contributed by atoms with Crippen LogP contribution in [-0.2, 0) is 16.4 Å². The average Bonchev–Trinajstić information content (AvgIpc) is 3.00. The molecule has 0 radical (unpaired) electrons. The van der Waals surface area contributed by atoms with E-state index >= 15 is 0 Å². The van der Waals surface area contributed by atoms with Gasteiger partial charge in [0.25, 0.3) is 0 Å². The third-order valence-corrected chi connectivity index (χ3v) is 5.26. The van der Waals surface area contributed by atoms with E-state index in [2.05, 4.69) is 20.7 Å². The molecule has 22 heavy (non-hydrogen) atoms. The van der Waals surface area contributed by atoms with Crippen molar-refractivity contribution in [3.05, 3.63) is 18.0 Å². The van der Waals surface area contributed by atoms with Gasteiger partial charge in [-0.1, -0.05) is 0 Å². The molecule has 1 aliphatic rings. The smallest absolute Gasteiger partial charge is 0.191 e. The Hall–Kier alpha value is -1.57. The van der Waals surface area contributed by atoms with Crippen LogP contribution in [-0.4, -0.2) is 54.8 Å². The molecule has 2 heterocycles. The Morgan fingerprint density at radius 2 is 2.36 bits per heavy atom. The van der Waals surface area contributed by atoms with Gasteiger partial charge in [0.2, 0.25) is 0 Å². The van der Waals surface area contributed by atoms with Gasteiger partial charge in [-0.05, 0) is 32.3 Å². The first-order chi connectivity index (χ1) is 10.5. The fraction of sp³-hybridized carbons (Fsp3) is 0.714. The van der Waals surface area contributed by atoms with Crippen molar-refractivity contribution in [1.29, 1.82) is 0 Å². The summed E-state index contributed by atoms with van der Waals surface area (Å²) >= 11 is 0. The van der Waals surface area contributed by atoms with Gasteiger partial charge in [-0.25, -0.2) is 8.42 Å². The van der Waals surface area contributed by atoms with Crippen LogP contribution >= 0.6 is 0 Å². The fourth-order valence-electron chi connectivity index (χ4n) is 2.44. The lowest BCUT2D eigenvalue weighted by Gasteiger charge is -2.15. The molecule has 2 N–H and O–H groups in total. The van der Waals surface area contributed by atoms with Crippen LogP contribution in [0.5, 0.6) is 0 Å². The molecule has 0 spiro atoms. The third-order valence-electron chi connectivity index (χ3n) is 3.50. The normalized spacial score (nSPS) is 21.0. The number of aliphatic imine (C=N–C) groups is 1. The molecule has 1 aromatic heterocycles. The molecule has 8 heteroatoms. The average molecular weight is 327 g/mol. The summed E-state index contributed by atoms with van der Waals surface area (Å²) in [5, 5.41) is 10.6. The van der Waals surface area contributed by atoms with Gasteiger partial charge in [0.15, 0.2) is 15.8 Å². The number of nitrogens with zero attached hydrogens (tertiary/aromatic N) is 3. The van der Waals surface area contributed by atoms with E-state index in [1.807, 2.05) is 30.9 Å². The van der Waals surface area contributed by atoms with Crippen LogP contribution in [0.1, 0.15) is 25.3 Å². The predicted octanol–water partition coefficient (Wildman–Crippen LogP) is 0.324. The van der Waals surface area contributed by atoms with Gasteiger partial charge in [-0.2, -0.15) is 5.10 Å². The number of hydrogen-bond donors (Lipinski definition) is 2. The summed E-state index contributed by atoms with van der Waals surface area (Å²) in [5.41, 5.74) is 1.15. The molecule has 1 unspecified atom stereocenters. The van der Waals surface area contributed by atoms with Crippen molar-refractivity contribution in [3.8, 4) is 0 Å². The number of guanidine groups is 1. The van der Waals surface area contributed by atoms with Gasteiger partial charge < -0.3 is 10.6 Å². The van der Waals surface area contributed by atoms with Gasteiger partial charge >= 0.3 is 0 Å². The number of hydrogen-bond acceptors (Lipinski definition) is 4. The van der Waals surface area contributed by atoms with E-state index in [9.17, 15) is 8.42 Å². The molecule has 0 aromatic carbocycles. The standard InChI is InChI=1S/C14H25N5O2S/c1-3-15-14(18-13-5-8-22(20,21)11-13)16-6-4-7-19-10-12(2)9-17-19/h9-10,13H,3-8,11H2,1-2H3,(H2,15,16,18). The maximum Gasteiger partial charge on any atom is 0.191 e. The van der Waals surface area contributed by atoms with E-state index in [0.717, 1.165) is 25.1 Å². The third kappa shape index (κ3) is 5.32. The molecular weight excluding hydrogens is 302 g/mol. The van der Waals surface area contributed by atoms with E-state index < -0.39 is 9.84 Å². The number of aromatic nitrogens is 2. The van der Waals surface area contributed by atoms with Crippen LogP contribution in [0.15, 0.2) is 17.4 Å². The highest BCUT2D eigenvalue weighted by atomic mass is 32.2. The Balaban J connectivity index is 1.79. The molecule has 7 nitrogen and oxygen atoms in total. The topological polar surface area (TPSA) is 88.4 Å². The summed E-state index contributed by atoms with van der Waals surface area (Å²) < 4.78 is 24.9. The second kappa shape index (κ2) is 7.62. The van der Waals surface area contributed by atoms with Crippen molar-refractivity contribution in [1.82, 2.24) is 20.4 Å². The van der Waals surface area contributed by atoms with Gasteiger partial charge in [0, 0.05) is 31.9 Å². The molecule has 1 aromatic rings. The Bertz CT molecular complexity index is 609. The van der Waals surface area contributed by atoms with Crippen LogP contribution < -0.4 is 10.6 Å². The van der Waals surface area contributed by atoms with Crippen LogP contribution in [0, 0.1) is 6.92 Å². The molecule has 124 valence electrons. The van der Waals surface area contributed by atoms with E-state index in [-0.39, 0.29) is 17.5 Å². The molecule has 0 aliphatic carbocycles. The maximum atomic E-state index is 11.5. The molecule has 0 saturated carbocycles. The number of sulfone groups is 1. The molecule has 0 bridgehead atoms. The Kier molecular flexibility index (Phi) is 5.82. The Labute approximate surface area is 132 Å². The molecular formula is C14H25N5O2S. The molecule has 0 amide bonds. The number of aryl methyl sites for hydroxylation is 2.